The normalized spacial score (nSPS) is 22.5. The van der Waals surface area contributed by atoms with E-state index in [4.69, 9.17) is 0 Å². The topological polar surface area (TPSA) is 44.4 Å². The lowest BCUT2D eigenvalue weighted by atomic mass is 10.1. The lowest BCUT2D eigenvalue weighted by molar-refractivity contribution is -0.122. The Balaban J connectivity index is 1.99. The van der Waals surface area contributed by atoms with Crippen molar-refractivity contribution in [3.8, 4) is 0 Å². The molecule has 1 aliphatic heterocycles. The molecule has 1 saturated heterocycles. The predicted molar refractivity (Wildman–Crippen MR) is 57.2 cm³/mol. The monoisotopic (exact) mass is 199 g/mol. The Labute approximate surface area is 86.0 Å². The van der Waals surface area contributed by atoms with Crippen LogP contribution >= 0.6 is 0 Å². The molecular weight excluding hydrogens is 178 g/mol. The van der Waals surface area contributed by atoms with Gasteiger partial charge in [-0.1, -0.05) is 0 Å². The average Bonchev–Trinajstić information content (AvgIpc) is 2.15. The highest BCUT2D eigenvalue weighted by Crippen LogP contribution is 2.02. The van der Waals surface area contributed by atoms with Crippen molar-refractivity contribution >= 4 is 5.91 Å². The Hall–Kier alpha value is -0.610. The van der Waals surface area contributed by atoms with E-state index in [0.29, 0.717) is 12.5 Å². The highest BCUT2D eigenvalue weighted by molar-refractivity contribution is 5.76. The summed E-state index contributed by atoms with van der Waals surface area (Å²) >= 11 is 0. The SMILES string of the molecule is CN(C)CCCNC1CCC(=O)NC1. The zero-order chi connectivity index (χ0) is 10.4. The van der Waals surface area contributed by atoms with Crippen LogP contribution in [0.5, 0.6) is 0 Å². The van der Waals surface area contributed by atoms with Gasteiger partial charge in [0.15, 0.2) is 0 Å². The van der Waals surface area contributed by atoms with Crippen molar-refractivity contribution in [2.24, 2.45) is 0 Å². The molecule has 4 heteroatoms. The number of hydrogen-bond donors (Lipinski definition) is 2. The van der Waals surface area contributed by atoms with Crippen molar-refractivity contribution in [1.82, 2.24) is 15.5 Å². The van der Waals surface area contributed by atoms with Gasteiger partial charge in [-0.3, -0.25) is 4.79 Å². The first-order valence-corrected chi connectivity index (χ1v) is 5.33. The number of amides is 1. The van der Waals surface area contributed by atoms with Crippen LogP contribution in [-0.4, -0.2) is 50.6 Å². The van der Waals surface area contributed by atoms with E-state index in [1.54, 1.807) is 0 Å². The van der Waals surface area contributed by atoms with Crippen LogP contribution in [0.1, 0.15) is 19.3 Å². The third-order valence-corrected chi connectivity index (χ3v) is 2.48. The van der Waals surface area contributed by atoms with Crippen molar-refractivity contribution in [2.45, 2.75) is 25.3 Å². The van der Waals surface area contributed by atoms with Gasteiger partial charge in [0.25, 0.3) is 0 Å². The van der Waals surface area contributed by atoms with Crippen LogP contribution in [0.3, 0.4) is 0 Å². The summed E-state index contributed by atoms with van der Waals surface area (Å²) in [5.74, 6) is 0.191. The van der Waals surface area contributed by atoms with Crippen LogP contribution in [0.4, 0.5) is 0 Å². The van der Waals surface area contributed by atoms with E-state index in [2.05, 4.69) is 29.6 Å². The molecule has 1 aliphatic rings. The van der Waals surface area contributed by atoms with Gasteiger partial charge in [-0.2, -0.15) is 0 Å². The van der Waals surface area contributed by atoms with Crippen LogP contribution in [-0.2, 0) is 4.79 Å². The minimum absolute atomic E-state index is 0.191. The minimum atomic E-state index is 0.191. The third kappa shape index (κ3) is 4.58. The largest absolute Gasteiger partial charge is 0.355 e. The zero-order valence-electron chi connectivity index (χ0n) is 9.18. The molecule has 0 saturated carbocycles. The van der Waals surface area contributed by atoms with Crippen LogP contribution in [0.25, 0.3) is 0 Å². The first kappa shape index (κ1) is 11.5. The maximum absolute atomic E-state index is 10.9. The second-order valence-corrected chi connectivity index (χ2v) is 4.15. The predicted octanol–water partition coefficient (Wildman–Crippen LogP) is -0.194. The molecule has 0 radical (unpaired) electrons. The zero-order valence-corrected chi connectivity index (χ0v) is 9.18. The Morgan fingerprint density at radius 3 is 2.93 bits per heavy atom. The summed E-state index contributed by atoms with van der Waals surface area (Å²) in [5.41, 5.74) is 0. The lowest BCUT2D eigenvalue weighted by Crippen LogP contribution is -2.46. The summed E-state index contributed by atoms with van der Waals surface area (Å²) in [7, 11) is 4.17. The fourth-order valence-electron chi connectivity index (χ4n) is 1.61. The molecule has 4 nitrogen and oxygen atoms in total. The van der Waals surface area contributed by atoms with Gasteiger partial charge >= 0.3 is 0 Å². The number of nitrogens with zero attached hydrogens (tertiary/aromatic N) is 1. The number of hydrogen-bond acceptors (Lipinski definition) is 3. The van der Waals surface area contributed by atoms with E-state index in [1.165, 1.54) is 0 Å². The molecule has 1 unspecified atom stereocenters. The summed E-state index contributed by atoms with van der Waals surface area (Å²) < 4.78 is 0. The summed E-state index contributed by atoms with van der Waals surface area (Å²) in [6.45, 7) is 2.95. The van der Waals surface area contributed by atoms with Crippen molar-refractivity contribution in [3.05, 3.63) is 0 Å². The maximum atomic E-state index is 10.9. The molecule has 82 valence electrons. The Morgan fingerprint density at radius 2 is 2.36 bits per heavy atom. The molecule has 14 heavy (non-hydrogen) atoms. The number of rotatable bonds is 5. The van der Waals surface area contributed by atoms with Gasteiger partial charge in [-0.15, -0.1) is 0 Å². The number of piperidine rings is 1. The molecule has 1 atom stereocenters. The van der Waals surface area contributed by atoms with E-state index in [9.17, 15) is 4.79 Å². The van der Waals surface area contributed by atoms with Gasteiger partial charge in [0.2, 0.25) is 5.91 Å². The molecule has 0 aromatic carbocycles. The van der Waals surface area contributed by atoms with Gasteiger partial charge in [-0.25, -0.2) is 0 Å². The van der Waals surface area contributed by atoms with Crippen LogP contribution < -0.4 is 10.6 Å². The standard InChI is InChI=1S/C10H21N3O/c1-13(2)7-3-6-11-9-4-5-10(14)12-8-9/h9,11H,3-8H2,1-2H3,(H,12,14). The quantitative estimate of drug-likeness (QED) is 0.603. The van der Waals surface area contributed by atoms with Crippen molar-refractivity contribution in [3.63, 3.8) is 0 Å². The van der Waals surface area contributed by atoms with Gasteiger partial charge in [0.1, 0.15) is 0 Å². The molecule has 1 fully saturated rings. The van der Waals surface area contributed by atoms with Gasteiger partial charge in [0, 0.05) is 19.0 Å². The van der Waals surface area contributed by atoms with E-state index < -0.39 is 0 Å². The van der Waals surface area contributed by atoms with Gasteiger partial charge < -0.3 is 15.5 Å². The Morgan fingerprint density at radius 1 is 1.57 bits per heavy atom. The summed E-state index contributed by atoms with van der Waals surface area (Å²) in [6.07, 6.45) is 2.82. The highest BCUT2D eigenvalue weighted by atomic mass is 16.1. The lowest BCUT2D eigenvalue weighted by Gasteiger charge is -2.23. The molecule has 1 heterocycles. The fraction of sp³-hybridized carbons (Fsp3) is 0.900. The molecule has 2 N–H and O–H groups in total. The third-order valence-electron chi connectivity index (χ3n) is 2.48. The number of nitrogens with one attached hydrogen (secondary N) is 2. The smallest absolute Gasteiger partial charge is 0.220 e. The first-order valence-electron chi connectivity index (χ1n) is 5.33. The average molecular weight is 199 g/mol. The summed E-state index contributed by atoms with van der Waals surface area (Å²) in [4.78, 5) is 13.1. The Bertz CT molecular complexity index is 172. The van der Waals surface area contributed by atoms with Gasteiger partial charge in [0.05, 0.1) is 0 Å². The minimum Gasteiger partial charge on any atom is -0.355 e. The molecule has 1 amide bonds. The first-order chi connectivity index (χ1) is 6.68. The van der Waals surface area contributed by atoms with Gasteiger partial charge in [-0.05, 0) is 40.0 Å². The second kappa shape index (κ2) is 5.98. The molecule has 1 rings (SSSR count). The van der Waals surface area contributed by atoms with Crippen LogP contribution in [0.15, 0.2) is 0 Å². The van der Waals surface area contributed by atoms with Crippen molar-refractivity contribution in [2.75, 3.05) is 33.7 Å². The maximum Gasteiger partial charge on any atom is 0.220 e. The summed E-state index contributed by atoms with van der Waals surface area (Å²) in [6, 6.07) is 0.481. The molecule has 0 aromatic rings. The molecule has 0 aliphatic carbocycles. The Kier molecular flexibility index (Phi) is 4.90. The highest BCUT2D eigenvalue weighted by Gasteiger charge is 2.16. The molecule has 0 bridgehead atoms. The van der Waals surface area contributed by atoms with E-state index in [-0.39, 0.29) is 5.91 Å². The fourth-order valence-corrected chi connectivity index (χ4v) is 1.61. The number of carbonyl (C=O) groups is 1. The molecular formula is C10H21N3O. The van der Waals surface area contributed by atoms with E-state index in [1.807, 2.05) is 0 Å². The second-order valence-electron chi connectivity index (χ2n) is 4.15. The van der Waals surface area contributed by atoms with Crippen molar-refractivity contribution < 1.29 is 4.79 Å². The number of carbonyl (C=O) groups excluding carboxylic acids is 1. The van der Waals surface area contributed by atoms with Crippen LogP contribution in [0.2, 0.25) is 0 Å². The van der Waals surface area contributed by atoms with E-state index in [0.717, 1.165) is 32.5 Å². The summed E-state index contributed by atoms with van der Waals surface area (Å²) in [5, 5.41) is 6.33. The molecule has 0 spiro atoms. The van der Waals surface area contributed by atoms with Crippen LogP contribution in [0, 0.1) is 0 Å². The van der Waals surface area contributed by atoms with Crippen molar-refractivity contribution in [1.29, 1.82) is 0 Å². The molecule has 0 aromatic heterocycles. The van der Waals surface area contributed by atoms with E-state index >= 15 is 0 Å².